The molecule has 2 aliphatic heterocycles. The molecule has 3 nitrogen and oxygen atoms in total. The molecule has 88 valence electrons. The van der Waals surface area contributed by atoms with Gasteiger partial charge in [0.1, 0.15) is 0 Å². The van der Waals surface area contributed by atoms with Crippen molar-refractivity contribution >= 4 is 0 Å². The van der Waals surface area contributed by atoms with Gasteiger partial charge < -0.3 is 15.5 Å². The summed E-state index contributed by atoms with van der Waals surface area (Å²) in [5.41, 5.74) is 0. The van der Waals surface area contributed by atoms with Crippen LogP contribution in [0, 0.1) is 5.92 Å². The van der Waals surface area contributed by atoms with Crippen LogP contribution in [-0.4, -0.2) is 50.2 Å². The van der Waals surface area contributed by atoms with Crippen molar-refractivity contribution in [2.75, 3.05) is 39.3 Å². The molecular weight excluding hydrogens is 186 g/mol. The van der Waals surface area contributed by atoms with Gasteiger partial charge in [0.25, 0.3) is 0 Å². The van der Waals surface area contributed by atoms with Gasteiger partial charge in [-0.25, -0.2) is 0 Å². The lowest BCUT2D eigenvalue weighted by Gasteiger charge is -2.30. The fourth-order valence-corrected chi connectivity index (χ4v) is 2.54. The highest BCUT2D eigenvalue weighted by molar-refractivity contribution is 4.78. The average Bonchev–Trinajstić information content (AvgIpc) is 2.74. The summed E-state index contributed by atoms with van der Waals surface area (Å²) >= 11 is 0. The number of likely N-dealkylation sites (tertiary alicyclic amines) is 1. The van der Waals surface area contributed by atoms with Crippen molar-refractivity contribution in [3.63, 3.8) is 0 Å². The fourth-order valence-electron chi connectivity index (χ4n) is 2.54. The minimum atomic E-state index is 0.730. The van der Waals surface area contributed by atoms with Crippen molar-refractivity contribution < 1.29 is 0 Å². The summed E-state index contributed by atoms with van der Waals surface area (Å²) in [5.74, 6) is 0.952. The summed E-state index contributed by atoms with van der Waals surface area (Å²) in [6.45, 7) is 9.76. The Labute approximate surface area is 93.6 Å². The Bertz CT molecular complexity index is 170. The molecule has 0 saturated carbocycles. The minimum absolute atomic E-state index is 0.730. The van der Waals surface area contributed by atoms with E-state index in [9.17, 15) is 0 Å². The Morgan fingerprint density at radius 2 is 2.07 bits per heavy atom. The first-order valence-corrected chi connectivity index (χ1v) is 6.51. The van der Waals surface area contributed by atoms with Gasteiger partial charge in [-0.05, 0) is 44.8 Å². The van der Waals surface area contributed by atoms with Crippen LogP contribution in [0.1, 0.15) is 26.2 Å². The first kappa shape index (κ1) is 11.4. The zero-order valence-corrected chi connectivity index (χ0v) is 9.97. The van der Waals surface area contributed by atoms with Gasteiger partial charge in [0, 0.05) is 25.7 Å². The van der Waals surface area contributed by atoms with Crippen LogP contribution >= 0.6 is 0 Å². The van der Waals surface area contributed by atoms with E-state index in [1.54, 1.807) is 0 Å². The lowest BCUT2D eigenvalue weighted by molar-refractivity contribution is 0.191. The van der Waals surface area contributed by atoms with E-state index in [2.05, 4.69) is 22.5 Å². The average molecular weight is 211 g/mol. The summed E-state index contributed by atoms with van der Waals surface area (Å²) in [6, 6.07) is 0.730. The highest BCUT2D eigenvalue weighted by Gasteiger charge is 2.16. The Hall–Kier alpha value is -0.120. The summed E-state index contributed by atoms with van der Waals surface area (Å²) in [4.78, 5) is 2.61. The van der Waals surface area contributed by atoms with E-state index in [1.165, 1.54) is 52.0 Å². The van der Waals surface area contributed by atoms with E-state index >= 15 is 0 Å². The molecule has 15 heavy (non-hydrogen) atoms. The quantitative estimate of drug-likeness (QED) is 0.716. The first-order valence-electron chi connectivity index (χ1n) is 6.51. The molecule has 1 atom stereocenters. The Morgan fingerprint density at radius 3 is 2.73 bits per heavy atom. The standard InChI is InChI=1S/C12H25N3/c1-11-3-7-15(8-4-11)9-6-14-12-2-5-13-10-12/h11-14H,2-10H2,1H3. The van der Waals surface area contributed by atoms with Crippen molar-refractivity contribution in [1.82, 2.24) is 15.5 Å². The maximum atomic E-state index is 3.64. The third-order valence-electron chi connectivity index (χ3n) is 3.80. The van der Waals surface area contributed by atoms with Crippen molar-refractivity contribution in [2.45, 2.75) is 32.2 Å². The molecule has 2 fully saturated rings. The van der Waals surface area contributed by atoms with Gasteiger partial charge in [0.05, 0.1) is 0 Å². The van der Waals surface area contributed by atoms with Gasteiger partial charge >= 0.3 is 0 Å². The number of rotatable bonds is 4. The normalized spacial score (nSPS) is 29.8. The number of nitrogens with one attached hydrogen (secondary N) is 2. The van der Waals surface area contributed by atoms with Crippen LogP contribution in [0.3, 0.4) is 0 Å². The van der Waals surface area contributed by atoms with E-state index < -0.39 is 0 Å². The van der Waals surface area contributed by atoms with Gasteiger partial charge in [-0.15, -0.1) is 0 Å². The smallest absolute Gasteiger partial charge is 0.0205 e. The monoisotopic (exact) mass is 211 g/mol. The molecule has 0 aromatic heterocycles. The van der Waals surface area contributed by atoms with Crippen LogP contribution in [0.5, 0.6) is 0 Å². The van der Waals surface area contributed by atoms with Gasteiger partial charge in [-0.3, -0.25) is 0 Å². The molecule has 0 aromatic carbocycles. The zero-order valence-electron chi connectivity index (χ0n) is 9.97. The first-order chi connectivity index (χ1) is 7.34. The maximum Gasteiger partial charge on any atom is 0.0205 e. The van der Waals surface area contributed by atoms with Crippen molar-refractivity contribution in [3.8, 4) is 0 Å². The predicted molar refractivity (Wildman–Crippen MR) is 64.1 cm³/mol. The van der Waals surface area contributed by atoms with Gasteiger partial charge in [0.15, 0.2) is 0 Å². The second-order valence-electron chi connectivity index (χ2n) is 5.17. The second kappa shape index (κ2) is 5.83. The molecule has 0 bridgehead atoms. The number of piperidine rings is 1. The topological polar surface area (TPSA) is 27.3 Å². The van der Waals surface area contributed by atoms with Gasteiger partial charge in [-0.2, -0.15) is 0 Å². The number of nitrogens with zero attached hydrogens (tertiary/aromatic N) is 1. The molecule has 2 N–H and O–H groups in total. The van der Waals surface area contributed by atoms with Crippen LogP contribution in [0.4, 0.5) is 0 Å². The van der Waals surface area contributed by atoms with E-state index in [0.717, 1.165) is 18.5 Å². The van der Waals surface area contributed by atoms with E-state index in [4.69, 9.17) is 0 Å². The molecule has 2 rings (SSSR count). The van der Waals surface area contributed by atoms with Crippen LogP contribution in [0.25, 0.3) is 0 Å². The van der Waals surface area contributed by atoms with Crippen LogP contribution in [-0.2, 0) is 0 Å². The Kier molecular flexibility index (Phi) is 4.42. The highest BCUT2D eigenvalue weighted by atomic mass is 15.1. The summed E-state index contributed by atoms with van der Waals surface area (Å²) in [6.07, 6.45) is 4.09. The third kappa shape index (κ3) is 3.74. The van der Waals surface area contributed by atoms with E-state index in [1.807, 2.05) is 0 Å². The van der Waals surface area contributed by atoms with Crippen LogP contribution in [0.2, 0.25) is 0 Å². The number of hydrogen-bond acceptors (Lipinski definition) is 3. The molecule has 2 saturated heterocycles. The molecule has 3 heteroatoms. The summed E-state index contributed by atoms with van der Waals surface area (Å²) in [5, 5.41) is 7.03. The van der Waals surface area contributed by atoms with E-state index in [-0.39, 0.29) is 0 Å². The molecule has 2 aliphatic rings. The summed E-state index contributed by atoms with van der Waals surface area (Å²) in [7, 11) is 0. The molecule has 0 aromatic rings. The van der Waals surface area contributed by atoms with Crippen molar-refractivity contribution in [3.05, 3.63) is 0 Å². The second-order valence-corrected chi connectivity index (χ2v) is 5.17. The molecule has 0 aliphatic carbocycles. The lowest BCUT2D eigenvalue weighted by Crippen LogP contribution is -2.41. The van der Waals surface area contributed by atoms with Crippen LogP contribution < -0.4 is 10.6 Å². The molecule has 1 unspecified atom stereocenters. The Balaban J connectivity index is 1.53. The molecule has 0 radical (unpaired) electrons. The van der Waals surface area contributed by atoms with Crippen LogP contribution in [0.15, 0.2) is 0 Å². The lowest BCUT2D eigenvalue weighted by atomic mass is 9.99. The predicted octanol–water partition coefficient (Wildman–Crippen LogP) is 0.670. The van der Waals surface area contributed by atoms with Gasteiger partial charge in [-0.1, -0.05) is 6.92 Å². The molecule has 2 heterocycles. The molecule has 0 amide bonds. The molecular formula is C12H25N3. The third-order valence-corrected chi connectivity index (χ3v) is 3.80. The van der Waals surface area contributed by atoms with Crippen molar-refractivity contribution in [2.24, 2.45) is 5.92 Å². The summed E-state index contributed by atoms with van der Waals surface area (Å²) < 4.78 is 0. The fraction of sp³-hybridized carbons (Fsp3) is 1.00. The molecule has 0 spiro atoms. The Morgan fingerprint density at radius 1 is 1.27 bits per heavy atom. The maximum absolute atomic E-state index is 3.64. The SMILES string of the molecule is CC1CCN(CCNC2CCNC2)CC1. The van der Waals surface area contributed by atoms with Crippen molar-refractivity contribution in [1.29, 1.82) is 0 Å². The highest BCUT2D eigenvalue weighted by Crippen LogP contribution is 2.15. The number of hydrogen-bond donors (Lipinski definition) is 2. The zero-order chi connectivity index (χ0) is 10.5. The van der Waals surface area contributed by atoms with E-state index in [0.29, 0.717) is 0 Å². The van der Waals surface area contributed by atoms with Gasteiger partial charge in [0.2, 0.25) is 0 Å². The minimum Gasteiger partial charge on any atom is -0.315 e. The largest absolute Gasteiger partial charge is 0.315 e.